The number of hydrogen-bond acceptors (Lipinski definition) is 1. The first kappa shape index (κ1) is 12.1. The van der Waals surface area contributed by atoms with E-state index in [1.54, 1.807) is 0 Å². The minimum atomic E-state index is 0.159. The van der Waals surface area contributed by atoms with Gasteiger partial charge in [-0.1, -0.05) is 36.4 Å². The van der Waals surface area contributed by atoms with Crippen molar-refractivity contribution in [1.29, 1.82) is 0 Å². The molecule has 1 atom stereocenters. The Hall–Kier alpha value is -1.41. The summed E-state index contributed by atoms with van der Waals surface area (Å²) in [4.78, 5) is 12.0. The highest BCUT2D eigenvalue weighted by Crippen LogP contribution is 2.34. The lowest BCUT2D eigenvalue weighted by atomic mass is 9.95. The van der Waals surface area contributed by atoms with E-state index in [9.17, 15) is 4.79 Å². The van der Waals surface area contributed by atoms with Crippen molar-refractivity contribution in [3.63, 3.8) is 0 Å². The van der Waals surface area contributed by atoms with Crippen molar-refractivity contribution in [3.8, 4) is 0 Å². The normalized spacial score (nSPS) is 18.1. The maximum atomic E-state index is 12.0. The minimum absolute atomic E-state index is 0.159. The van der Waals surface area contributed by atoms with Crippen molar-refractivity contribution >= 4 is 5.78 Å². The molecule has 1 aromatic carbocycles. The summed E-state index contributed by atoms with van der Waals surface area (Å²) in [5.41, 5.74) is 2.21. The number of carbonyl (C=O) groups excluding carboxylic acids is 1. The Morgan fingerprint density at radius 3 is 2.24 bits per heavy atom. The first-order valence-electron chi connectivity index (χ1n) is 6.09. The van der Waals surface area contributed by atoms with Crippen LogP contribution in [0.1, 0.15) is 24.4 Å². The summed E-state index contributed by atoms with van der Waals surface area (Å²) in [6.07, 6.45) is 3.69. The molecule has 1 aliphatic rings. The van der Waals surface area contributed by atoms with Crippen LogP contribution in [-0.2, 0) is 4.79 Å². The fourth-order valence-electron chi connectivity index (χ4n) is 2.56. The van der Waals surface area contributed by atoms with Crippen LogP contribution in [0.25, 0.3) is 0 Å². The predicted molar refractivity (Wildman–Crippen MR) is 69.5 cm³/mol. The molecule has 0 heterocycles. The fraction of sp³-hybridized carbons (Fsp3) is 0.400. The highest BCUT2D eigenvalue weighted by atomic mass is 16.1. The molecule has 0 radical (unpaired) electrons. The molecule has 0 unspecified atom stereocenters. The van der Waals surface area contributed by atoms with Gasteiger partial charge < -0.3 is 4.48 Å². The maximum absolute atomic E-state index is 12.0. The van der Waals surface area contributed by atoms with E-state index in [2.05, 4.69) is 39.4 Å². The maximum Gasteiger partial charge on any atom is 0.165 e. The fourth-order valence-corrected chi connectivity index (χ4v) is 2.56. The van der Waals surface area contributed by atoms with Crippen LogP contribution in [0.15, 0.2) is 42.0 Å². The van der Waals surface area contributed by atoms with E-state index in [0.717, 1.165) is 16.5 Å². The number of quaternary nitrogens is 1. The molecule has 1 aliphatic carbocycles. The summed E-state index contributed by atoms with van der Waals surface area (Å²) in [6, 6.07) is 10.5. The van der Waals surface area contributed by atoms with Crippen LogP contribution in [0, 0.1) is 0 Å². The van der Waals surface area contributed by atoms with Crippen LogP contribution in [0.2, 0.25) is 0 Å². The first-order chi connectivity index (χ1) is 8.00. The Labute approximate surface area is 103 Å². The Bertz CT molecular complexity index is 440. The van der Waals surface area contributed by atoms with Gasteiger partial charge >= 0.3 is 0 Å². The molecule has 0 aliphatic heterocycles. The zero-order valence-corrected chi connectivity index (χ0v) is 10.8. The molecule has 0 spiro atoms. The van der Waals surface area contributed by atoms with Gasteiger partial charge in [0.05, 0.1) is 26.7 Å². The standard InChI is InChI=1S/C15H20NO/c1-16(2,3)15(12-8-5-4-6-9-12)13-10-7-11-14(13)17/h4-6,8-10,15H,7,11H2,1-3H3/q+1/t15-/m0/s1. The summed E-state index contributed by atoms with van der Waals surface area (Å²) in [6.45, 7) is 0. The topological polar surface area (TPSA) is 17.1 Å². The number of rotatable bonds is 3. The van der Waals surface area contributed by atoms with Gasteiger partial charge in [0, 0.05) is 12.0 Å². The van der Waals surface area contributed by atoms with E-state index >= 15 is 0 Å². The van der Waals surface area contributed by atoms with Crippen LogP contribution in [0.3, 0.4) is 0 Å². The Morgan fingerprint density at radius 1 is 1.12 bits per heavy atom. The number of nitrogens with zero attached hydrogens (tertiary/aromatic N) is 1. The molecule has 1 aromatic rings. The van der Waals surface area contributed by atoms with Gasteiger partial charge in [-0.05, 0) is 6.42 Å². The Morgan fingerprint density at radius 2 is 1.76 bits per heavy atom. The van der Waals surface area contributed by atoms with Crippen LogP contribution in [-0.4, -0.2) is 31.4 Å². The van der Waals surface area contributed by atoms with Crippen molar-refractivity contribution in [2.24, 2.45) is 0 Å². The molecule has 0 amide bonds. The predicted octanol–water partition coefficient (Wildman–Crippen LogP) is 2.72. The molecule has 0 aromatic heterocycles. The first-order valence-corrected chi connectivity index (χ1v) is 6.09. The highest BCUT2D eigenvalue weighted by Gasteiger charge is 2.34. The van der Waals surface area contributed by atoms with Crippen LogP contribution >= 0.6 is 0 Å². The number of likely N-dealkylation sites (N-methyl/N-ethyl adjacent to an activating group) is 1. The van der Waals surface area contributed by atoms with Crippen molar-refractivity contribution in [3.05, 3.63) is 47.5 Å². The number of ketones is 1. The molecule has 90 valence electrons. The summed E-state index contributed by atoms with van der Waals surface area (Å²) >= 11 is 0. The van der Waals surface area contributed by atoms with Gasteiger partial charge in [-0.15, -0.1) is 0 Å². The lowest BCUT2D eigenvalue weighted by Crippen LogP contribution is -2.40. The molecule has 2 rings (SSSR count). The van der Waals surface area contributed by atoms with Gasteiger partial charge in [-0.25, -0.2) is 0 Å². The molecule has 2 heteroatoms. The monoisotopic (exact) mass is 230 g/mol. The molecule has 2 nitrogen and oxygen atoms in total. The van der Waals surface area contributed by atoms with E-state index < -0.39 is 0 Å². The lowest BCUT2D eigenvalue weighted by Gasteiger charge is -2.35. The van der Waals surface area contributed by atoms with Crippen molar-refractivity contribution in [2.75, 3.05) is 21.1 Å². The van der Waals surface area contributed by atoms with Gasteiger partial charge in [0.1, 0.15) is 6.04 Å². The smallest absolute Gasteiger partial charge is 0.165 e. The third kappa shape index (κ3) is 2.47. The van der Waals surface area contributed by atoms with E-state index in [-0.39, 0.29) is 6.04 Å². The summed E-state index contributed by atoms with van der Waals surface area (Å²) in [5.74, 6) is 0.312. The van der Waals surface area contributed by atoms with Crippen LogP contribution in [0.4, 0.5) is 0 Å². The summed E-state index contributed by atoms with van der Waals surface area (Å²) < 4.78 is 0.752. The number of hydrogen-bond donors (Lipinski definition) is 0. The second-order valence-electron chi connectivity index (χ2n) is 5.55. The molecule has 0 saturated heterocycles. The molecule has 0 fully saturated rings. The summed E-state index contributed by atoms with van der Waals surface area (Å²) in [5, 5.41) is 0. The third-order valence-electron chi connectivity index (χ3n) is 3.24. The van der Waals surface area contributed by atoms with Gasteiger partial charge in [0.15, 0.2) is 5.78 Å². The molecule has 17 heavy (non-hydrogen) atoms. The summed E-state index contributed by atoms with van der Waals surface area (Å²) in [7, 11) is 6.43. The second-order valence-corrected chi connectivity index (χ2v) is 5.55. The van der Waals surface area contributed by atoms with E-state index in [1.165, 1.54) is 5.56 Å². The van der Waals surface area contributed by atoms with Gasteiger partial charge in [-0.3, -0.25) is 4.79 Å². The average Bonchev–Trinajstić information content (AvgIpc) is 2.65. The van der Waals surface area contributed by atoms with E-state index in [1.807, 2.05) is 18.2 Å². The zero-order chi connectivity index (χ0) is 12.5. The van der Waals surface area contributed by atoms with E-state index in [4.69, 9.17) is 0 Å². The van der Waals surface area contributed by atoms with Crippen molar-refractivity contribution < 1.29 is 9.28 Å². The van der Waals surface area contributed by atoms with Crippen LogP contribution in [0.5, 0.6) is 0 Å². The SMILES string of the molecule is C[N+](C)(C)[C@H](C1=CCCC1=O)c1ccccc1. The minimum Gasteiger partial charge on any atom is -0.321 e. The average molecular weight is 230 g/mol. The van der Waals surface area contributed by atoms with Crippen molar-refractivity contribution in [2.45, 2.75) is 18.9 Å². The van der Waals surface area contributed by atoms with Gasteiger partial charge in [0.25, 0.3) is 0 Å². The third-order valence-corrected chi connectivity index (χ3v) is 3.24. The van der Waals surface area contributed by atoms with Crippen molar-refractivity contribution in [1.82, 2.24) is 0 Å². The number of carbonyl (C=O) groups is 1. The molecule has 0 bridgehead atoms. The van der Waals surface area contributed by atoms with Gasteiger partial charge in [-0.2, -0.15) is 0 Å². The quantitative estimate of drug-likeness (QED) is 0.730. The second kappa shape index (κ2) is 4.46. The van der Waals surface area contributed by atoms with E-state index in [0.29, 0.717) is 12.2 Å². The lowest BCUT2D eigenvalue weighted by molar-refractivity contribution is -0.895. The Kier molecular flexibility index (Phi) is 3.16. The zero-order valence-electron chi connectivity index (χ0n) is 10.8. The Balaban J connectivity index is 2.43. The number of benzene rings is 1. The van der Waals surface area contributed by atoms with Crippen LogP contribution < -0.4 is 0 Å². The number of Topliss-reactive ketones (excluding diaryl/α,β-unsaturated/α-hetero) is 1. The largest absolute Gasteiger partial charge is 0.321 e. The highest BCUT2D eigenvalue weighted by molar-refractivity contribution is 5.98. The molecule has 0 saturated carbocycles. The molecule has 0 N–H and O–H groups in total. The molecular weight excluding hydrogens is 210 g/mol. The van der Waals surface area contributed by atoms with Gasteiger partial charge in [0.2, 0.25) is 0 Å². The number of allylic oxidation sites excluding steroid dienone is 1. The molecular formula is C15H20NO+.